The summed E-state index contributed by atoms with van der Waals surface area (Å²) in [4.78, 5) is 14.0. The van der Waals surface area contributed by atoms with Crippen LogP contribution in [0.3, 0.4) is 0 Å². The summed E-state index contributed by atoms with van der Waals surface area (Å²) in [5.74, 6) is -1.03. The third-order valence-corrected chi connectivity index (χ3v) is 10.1. The average Bonchev–Trinajstić information content (AvgIpc) is 2.73. The molecule has 172 valence electrons. The van der Waals surface area contributed by atoms with Gasteiger partial charge in [-0.1, -0.05) is 31.4 Å². The Bertz CT molecular complexity index is 1220. The molecule has 1 heterocycles. The van der Waals surface area contributed by atoms with Crippen LogP contribution in [0.25, 0.3) is 0 Å². The number of amides is 1. The fourth-order valence-electron chi connectivity index (χ4n) is 4.22. The molecule has 0 atom stereocenters. The number of hydrogen-bond acceptors (Lipinski definition) is 5. The molecule has 1 saturated heterocycles. The Hall–Kier alpha value is -2.46. The summed E-state index contributed by atoms with van der Waals surface area (Å²) < 4.78 is 66.3. The van der Waals surface area contributed by atoms with E-state index in [-0.39, 0.29) is 40.4 Å². The first-order valence-corrected chi connectivity index (χ1v) is 13.7. The molecule has 2 aliphatic rings. The van der Waals surface area contributed by atoms with E-state index >= 15 is 0 Å². The Kier molecular flexibility index (Phi) is 6.26. The Morgan fingerprint density at radius 2 is 1.59 bits per heavy atom. The maximum absolute atomic E-state index is 13.4. The number of carbonyl (C=O) groups is 1. The van der Waals surface area contributed by atoms with Gasteiger partial charge in [0.1, 0.15) is 5.82 Å². The summed E-state index contributed by atoms with van der Waals surface area (Å²) in [5, 5.41) is -0.844. The lowest BCUT2D eigenvalue weighted by atomic mass is 10.0. The van der Waals surface area contributed by atoms with Crippen molar-refractivity contribution < 1.29 is 26.0 Å². The van der Waals surface area contributed by atoms with E-state index in [2.05, 4.69) is 4.72 Å². The molecule has 0 radical (unpaired) electrons. The molecule has 0 unspecified atom stereocenters. The zero-order chi connectivity index (χ0) is 22.9. The highest BCUT2D eigenvalue weighted by atomic mass is 32.2. The van der Waals surface area contributed by atoms with Crippen LogP contribution in [-0.2, 0) is 19.9 Å². The van der Waals surface area contributed by atoms with Crippen molar-refractivity contribution in [2.45, 2.75) is 47.5 Å². The number of hydrogen-bond donors (Lipinski definition) is 1. The molecule has 32 heavy (non-hydrogen) atoms. The molecular weight excluding hydrogens is 455 g/mol. The molecule has 1 saturated carbocycles. The number of rotatable bonds is 6. The largest absolute Gasteiger partial charge is 0.336 e. The van der Waals surface area contributed by atoms with Crippen molar-refractivity contribution in [3.63, 3.8) is 0 Å². The zero-order valence-electron chi connectivity index (χ0n) is 17.4. The van der Waals surface area contributed by atoms with Crippen molar-refractivity contribution >= 4 is 31.5 Å². The quantitative estimate of drug-likeness (QED) is 0.684. The number of likely N-dealkylation sites (tertiary alicyclic amines) is 1. The lowest BCUT2D eigenvalue weighted by molar-refractivity contribution is 0.0658. The fraction of sp³-hybridized carbons (Fsp3) is 0.409. The maximum atomic E-state index is 13.4. The first kappa shape index (κ1) is 22.7. The lowest BCUT2D eigenvalue weighted by Crippen LogP contribution is -2.58. The molecule has 0 aromatic heterocycles. The fourth-order valence-corrected chi connectivity index (χ4v) is 7.61. The summed E-state index contributed by atoms with van der Waals surface area (Å²) in [7, 11) is -7.28. The molecule has 2 aromatic rings. The Morgan fingerprint density at radius 3 is 2.28 bits per heavy atom. The minimum atomic E-state index is -4.02. The molecule has 2 fully saturated rings. The lowest BCUT2D eigenvalue weighted by Gasteiger charge is -2.41. The SMILES string of the molecule is O=C(c1cccc(NS(=O)(=O)c2cccc(F)c2)c1)N1CC(S(=O)(=O)C2CCCCC2)C1. The Morgan fingerprint density at radius 1 is 0.906 bits per heavy atom. The van der Waals surface area contributed by atoms with E-state index in [9.17, 15) is 26.0 Å². The topological polar surface area (TPSA) is 101 Å². The zero-order valence-corrected chi connectivity index (χ0v) is 19.0. The molecule has 1 amide bonds. The molecule has 4 rings (SSSR count). The molecule has 2 aromatic carbocycles. The van der Waals surface area contributed by atoms with Crippen LogP contribution in [0, 0.1) is 5.82 Å². The summed E-state index contributed by atoms with van der Waals surface area (Å²) in [6, 6.07) is 10.6. The standard InChI is InChI=1S/C22H25FN2O5S2/c23-17-7-5-11-20(13-17)32(29,30)24-18-8-4-6-16(12-18)22(26)25-14-21(15-25)31(27,28)19-9-2-1-3-10-19/h4-8,11-13,19,21,24H,1-3,9-10,14-15H2. The Balaban J connectivity index is 1.42. The minimum absolute atomic E-state index is 0.150. The van der Waals surface area contributed by atoms with Crippen LogP contribution >= 0.6 is 0 Å². The van der Waals surface area contributed by atoms with Gasteiger partial charge in [0.2, 0.25) is 0 Å². The van der Waals surface area contributed by atoms with Crippen molar-refractivity contribution in [1.29, 1.82) is 0 Å². The third-order valence-electron chi connectivity index (χ3n) is 6.08. The van der Waals surface area contributed by atoms with Crippen molar-refractivity contribution in [2.24, 2.45) is 0 Å². The van der Waals surface area contributed by atoms with Gasteiger partial charge in [-0.3, -0.25) is 9.52 Å². The van der Waals surface area contributed by atoms with Crippen LogP contribution in [0.2, 0.25) is 0 Å². The number of benzene rings is 2. The summed E-state index contributed by atoms with van der Waals surface area (Å²) >= 11 is 0. The van der Waals surface area contributed by atoms with Gasteiger partial charge in [0.25, 0.3) is 15.9 Å². The highest BCUT2D eigenvalue weighted by molar-refractivity contribution is 7.93. The van der Waals surface area contributed by atoms with Crippen LogP contribution in [0.4, 0.5) is 10.1 Å². The van der Waals surface area contributed by atoms with Gasteiger partial charge in [0.05, 0.1) is 15.4 Å². The van der Waals surface area contributed by atoms with Crippen LogP contribution in [0.15, 0.2) is 53.4 Å². The van der Waals surface area contributed by atoms with Crippen molar-refractivity contribution in [3.05, 3.63) is 59.9 Å². The predicted octanol–water partition coefficient (Wildman–Crippen LogP) is 3.20. The molecule has 0 bridgehead atoms. The summed E-state index contributed by atoms with van der Waals surface area (Å²) in [6.07, 6.45) is 4.32. The van der Waals surface area contributed by atoms with E-state index in [1.807, 2.05) is 0 Å². The second-order valence-corrected chi connectivity index (χ2v) is 12.5. The smallest absolute Gasteiger partial charge is 0.261 e. The van der Waals surface area contributed by atoms with Gasteiger partial charge in [-0.05, 0) is 49.2 Å². The van der Waals surface area contributed by atoms with Gasteiger partial charge < -0.3 is 4.90 Å². The van der Waals surface area contributed by atoms with Gasteiger partial charge in [0.15, 0.2) is 9.84 Å². The second kappa shape index (κ2) is 8.82. The maximum Gasteiger partial charge on any atom is 0.261 e. The number of sulfone groups is 1. The normalized spacial score (nSPS) is 18.2. The molecule has 1 aliphatic heterocycles. The van der Waals surface area contributed by atoms with Gasteiger partial charge in [-0.25, -0.2) is 21.2 Å². The number of halogens is 1. The minimum Gasteiger partial charge on any atom is -0.336 e. The summed E-state index contributed by atoms with van der Waals surface area (Å²) in [5.41, 5.74) is 0.407. The van der Waals surface area contributed by atoms with Crippen molar-refractivity contribution in [3.8, 4) is 0 Å². The molecular formula is C22H25FN2O5S2. The second-order valence-electron chi connectivity index (χ2n) is 8.32. The Labute approximate surface area is 187 Å². The van der Waals surface area contributed by atoms with Gasteiger partial charge in [-0.2, -0.15) is 0 Å². The molecule has 0 spiro atoms. The first-order valence-electron chi connectivity index (χ1n) is 10.6. The third kappa shape index (κ3) is 4.66. The van der Waals surface area contributed by atoms with Crippen LogP contribution in [-0.4, -0.2) is 51.2 Å². The number of anilines is 1. The summed E-state index contributed by atoms with van der Waals surface area (Å²) in [6.45, 7) is 0.299. The molecule has 7 nitrogen and oxygen atoms in total. The van der Waals surface area contributed by atoms with E-state index in [1.54, 1.807) is 6.07 Å². The van der Waals surface area contributed by atoms with E-state index in [0.717, 1.165) is 31.4 Å². The monoisotopic (exact) mass is 480 g/mol. The van der Waals surface area contributed by atoms with E-state index in [4.69, 9.17) is 0 Å². The van der Waals surface area contributed by atoms with Crippen LogP contribution < -0.4 is 4.72 Å². The number of nitrogens with zero attached hydrogens (tertiary/aromatic N) is 1. The van der Waals surface area contributed by atoms with E-state index < -0.39 is 30.9 Å². The van der Waals surface area contributed by atoms with Crippen molar-refractivity contribution in [2.75, 3.05) is 17.8 Å². The molecule has 10 heteroatoms. The van der Waals surface area contributed by atoms with Crippen LogP contribution in [0.5, 0.6) is 0 Å². The average molecular weight is 481 g/mol. The molecule has 1 N–H and O–H groups in total. The number of carbonyl (C=O) groups excluding carboxylic acids is 1. The van der Waals surface area contributed by atoms with E-state index in [1.165, 1.54) is 35.2 Å². The van der Waals surface area contributed by atoms with Crippen LogP contribution in [0.1, 0.15) is 42.5 Å². The highest BCUT2D eigenvalue weighted by Gasteiger charge is 2.43. The van der Waals surface area contributed by atoms with E-state index in [0.29, 0.717) is 12.8 Å². The number of nitrogens with one attached hydrogen (secondary N) is 1. The highest BCUT2D eigenvalue weighted by Crippen LogP contribution is 2.30. The van der Waals surface area contributed by atoms with Gasteiger partial charge >= 0.3 is 0 Å². The van der Waals surface area contributed by atoms with Gasteiger partial charge in [0, 0.05) is 24.3 Å². The first-order chi connectivity index (χ1) is 15.2. The predicted molar refractivity (Wildman–Crippen MR) is 119 cm³/mol. The number of sulfonamides is 1. The van der Waals surface area contributed by atoms with Crippen molar-refractivity contribution in [1.82, 2.24) is 4.90 Å². The van der Waals surface area contributed by atoms with Gasteiger partial charge in [-0.15, -0.1) is 0 Å². The molecule has 1 aliphatic carbocycles.